The van der Waals surface area contributed by atoms with Gasteiger partial charge in [-0.05, 0) is 6.07 Å². The first-order chi connectivity index (χ1) is 9.38. The van der Waals surface area contributed by atoms with Crippen molar-refractivity contribution in [1.29, 1.82) is 0 Å². The maximum Gasteiger partial charge on any atom is 0.435 e. The summed E-state index contributed by atoms with van der Waals surface area (Å²) in [4.78, 5) is 18.1. The smallest absolute Gasteiger partial charge is 0.435 e. The molecule has 0 unspecified atom stereocenters. The Hall–Kier alpha value is -2.10. The number of rotatable bonds is 4. The number of hydrogen-bond donors (Lipinski definition) is 1. The second-order valence-electron chi connectivity index (χ2n) is 3.51. The zero-order valence-corrected chi connectivity index (χ0v) is 10.5. The summed E-state index contributed by atoms with van der Waals surface area (Å²) in [6.07, 6.45) is -1.93. The lowest BCUT2D eigenvalue weighted by Gasteiger charge is -2.03. The van der Waals surface area contributed by atoms with Crippen molar-refractivity contribution >= 4 is 17.7 Å². The molecule has 0 saturated carbocycles. The van der Waals surface area contributed by atoms with Crippen molar-refractivity contribution in [3.8, 4) is 5.95 Å². The van der Waals surface area contributed by atoms with E-state index in [1.165, 1.54) is 18.5 Å². The highest BCUT2D eigenvalue weighted by Crippen LogP contribution is 2.32. The minimum atomic E-state index is -4.63. The van der Waals surface area contributed by atoms with Crippen LogP contribution in [0.3, 0.4) is 0 Å². The molecule has 0 bridgehead atoms. The lowest BCUT2D eigenvalue weighted by Crippen LogP contribution is -2.09. The van der Waals surface area contributed by atoms with Gasteiger partial charge in [0.15, 0.2) is 5.69 Å². The van der Waals surface area contributed by atoms with E-state index >= 15 is 0 Å². The molecule has 0 spiro atoms. The fourth-order valence-corrected chi connectivity index (χ4v) is 2.00. The molecule has 20 heavy (non-hydrogen) atoms. The number of aliphatic carboxylic acids is 1. The summed E-state index contributed by atoms with van der Waals surface area (Å²) < 4.78 is 38.8. The number of aromatic nitrogens is 4. The molecule has 10 heteroatoms. The zero-order valence-electron chi connectivity index (χ0n) is 9.70. The average Bonchev–Trinajstić information content (AvgIpc) is 2.81. The van der Waals surface area contributed by atoms with Crippen molar-refractivity contribution < 1.29 is 23.1 Å². The molecule has 0 aliphatic heterocycles. The number of carboxylic acid groups (broad SMARTS) is 1. The lowest BCUT2D eigenvalue weighted by atomic mass is 10.4. The number of hydrogen-bond acceptors (Lipinski definition) is 5. The Morgan fingerprint density at radius 3 is 2.55 bits per heavy atom. The predicted octanol–water partition coefficient (Wildman–Crippen LogP) is 1.86. The first kappa shape index (κ1) is 14.3. The first-order valence-electron chi connectivity index (χ1n) is 5.17. The van der Waals surface area contributed by atoms with Crippen LogP contribution in [0.4, 0.5) is 13.2 Å². The number of nitrogens with zero attached hydrogens (tertiary/aromatic N) is 4. The van der Waals surface area contributed by atoms with Crippen molar-refractivity contribution in [2.24, 2.45) is 0 Å². The van der Waals surface area contributed by atoms with Gasteiger partial charge in [-0.1, -0.05) is 11.8 Å². The molecular weight excluding hydrogens is 297 g/mol. The van der Waals surface area contributed by atoms with Gasteiger partial charge in [0.05, 0.1) is 5.75 Å². The van der Waals surface area contributed by atoms with Crippen molar-refractivity contribution in [2.75, 3.05) is 5.75 Å². The molecule has 0 amide bonds. The van der Waals surface area contributed by atoms with Gasteiger partial charge < -0.3 is 5.11 Å². The van der Waals surface area contributed by atoms with Crippen molar-refractivity contribution in [3.63, 3.8) is 0 Å². The Bertz CT molecular complexity index is 615. The molecule has 0 radical (unpaired) electrons. The van der Waals surface area contributed by atoms with Gasteiger partial charge in [-0.3, -0.25) is 4.79 Å². The monoisotopic (exact) mass is 304 g/mol. The van der Waals surface area contributed by atoms with E-state index in [9.17, 15) is 18.0 Å². The van der Waals surface area contributed by atoms with E-state index in [1.807, 2.05) is 0 Å². The maximum absolute atomic E-state index is 12.7. The van der Waals surface area contributed by atoms with Crippen molar-refractivity contribution in [3.05, 3.63) is 30.2 Å². The third-order valence-corrected chi connectivity index (χ3v) is 3.03. The summed E-state index contributed by atoms with van der Waals surface area (Å²) in [5.74, 6) is -1.60. The van der Waals surface area contributed by atoms with Crippen LogP contribution in [0, 0.1) is 0 Å². The molecule has 2 aromatic rings. The van der Waals surface area contributed by atoms with Gasteiger partial charge in [0, 0.05) is 18.5 Å². The number of halogens is 3. The van der Waals surface area contributed by atoms with Gasteiger partial charge in [-0.2, -0.15) is 23.0 Å². The summed E-state index contributed by atoms with van der Waals surface area (Å²) in [6.45, 7) is 0. The summed E-state index contributed by atoms with van der Waals surface area (Å²) in [5, 5.41) is 12.0. The van der Waals surface area contributed by atoms with Crippen LogP contribution in [0.15, 0.2) is 29.6 Å². The highest BCUT2D eigenvalue weighted by molar-refractivity contribution is 7.99. The minimum Gasteiger partial charge on any atom is -0.481 e. The third kappa shape index (κ3) is 3.26. The molecule has 106 valence electrons. The molecular formula is C10H7F3N4O2S. The topological polar surface area (TPSA) is 80.9 Å². The average molecular weight is 304 g/mol. The molecule has 2 heterocycles. The van der Waals surface area contributed by atoms with Gasteiger partial charge in [-0.25, -0.2) is 9.97 Å². The summed E-state index contributed by atoms with van der Waals surface area (Å²) >= 11 is 0.708. The molecule has 0 fully saturated rings. The van der Waals surface area contributed by atoms with E-state index in [0.29, 0.717) is 11.8 Å². The van der Waals surface area contributed by atoms with E-state index < -0.39 is 23.6 Å². The first-order valence-corrected chi connectivity index (χ1v) is 6.16. The molecule has 0 saturated heterocycles. The standard InChI is InChI=1S/C10H7F3N4O2S/c11-10(12,13)6-4-7(20-5-8(18)19)17(16-6)9-14-2-1-3-15-9/h1-4H,5H2,(H,18,19). The van der Waals surface area contributed by atoms with E-state index in [4.69, 9.17) is 5.11 Å². The van der Waals surface area contributed by atoms with Gasteiger partial charge in [-0.15, -0.1) is 0 Å². The molecule has 0 atom stereocenters. The highest BCUT2D eigenvalue weighted by atomic mass is 32.2. The van der Waals surface area contributed by atoms with E-state index in [2.05, 4.69) is 15.1 Å². The fourth-order valence-electron chi connectivity index (χ4n) is 1.28. The van der Waals surface area contributed by atoms with Crippen LogP contribution >= 0.6 is 11.8 Å². The summed E-state index contributed by atoms with van der Waals surface area (Å²) in [5.41, 5.74) is -1.13. The Morgan fingerprint density at radius 2 is 2.00 bits per heavy atom. The zero-order chi connectivity index (χ0) is 14.8. The van der Waals surface area contributed by atoms with E-state index in [-0.39, 0.29) is 11.0 Å². The molecule has 0 aliphatic carbocycles. The van der Waals surface area contributed by atoms with Crippen LogP contribution < -0.4 is 0 Å². The maximum atomic E-state index is 12.7. The normalized spacial score (nSPS) is 11.6. The molecule has 6 nitrogen and oxygen atoms in total. The van der Waals surface area contributed by atoms with Crippen molar-refractivity contribution in [2.45, 2.75) is 11.2 Å². The molecule has 0 aliphatic rings. The second kappa shape index (κ2) is 5.49. The van der Waals surface area contributed by atoms with Gasteiger partial charge in [0.2, 0.25) is 0 Å². The summed E-state index contributed by atoms with van der Waals surface area (Å²) in [6, 6.07) is 2.27. The Morgan fingerprint density at radius 1 is 1.35 bits per heavy atom. The van der Waals surface area contributed by atoms with Gasteiger partial charge in [0.1, 0.15) is 5.03 Å². The molecule has 0 aromatic carbocycles. The SMILES string of the molecule is O=C(O)CSc1cc(C(F)(F)F)nn1-c1ncccn1. The lowest BCUT2D eigenvalue weighted by molar-refractivity contribution is -0.141. The van der Waals surface area contributed by atoms with Crippen LogP contribution in [0.5, 0.6) is 0 Å². The van der Waals surface area contributed by atoms with Crippen LogP contribution in [-0.4, -0.2) is 36.6 Å². The van der Waals surface area contributed by atoms with Crippen LogP contribution in [0.25, 0.3) is 5.95 Å². The Labute approximate surface area is 114 Å². The third-order valence-electron chi connectivity index (χ3n) is 2.05. The largest absolute Gasteiger partial charge is 0.481 e. The molecule has 2 rings (SSSR count). The van der Waals surface area contributed by atoms with Crippen molar-refractivity contribution in [1.82, 2.24) is 19.7 Å². The highest BCUT2D eigenvalue weighted by Gasteiger charge is 2.35. The molecule has 2 aromatic heterocycles. The number of thioether (sulfide) groups is 1. The van der Waals surface area contributed by atoms with Crippen LogP contribution in [-0.2, 0) is 11.0 Å². The van der Waals surface area contributed by atoms with Crippen LogP contribution in [0.1, 0.15) is 5.69 Å². The fraction of sp³-hybridized carbons (Fsp3) is 0.200. The van der Waals surface area contributed by atoms with Crippen LogP contribution in [0.2, 0.25) is 0 Å². The predicted molar refractivity (Wildman–Crippen MR) is 62.5 cm³/mol. The summed E-state index contributed by atoms with van der Waals surface area (Å²) in [7, 11) is 0. The van der Waals surface area contributed by atoms with Gasteiger partial charge >= 0.3 is 12.1 Å². The number of alkyl halides is 3. The Kier molecular flexibility index (Phi) is 3.93. The van der Waals surface area contributed by atoms with E-state index in [0.717, 1.165) is 10.7 Å². The quantitative estimate of drug-likeness (QED) is 0.868. The Balaban J connectivity index is 2.42. The number of carboxylic acids is 1. The minimum absolute atomic E-state index is 0.00549. The number of carbonyl (C=O) groups is 1. The van der Waals surface area contributed by atoms with Gasteiger partial charge in [0.25, 0.3) is 5.95 Å². The van der Waals surface area contributed by atoms with E-state index in [1.54, 1.807) is 0 Å². The second-order valence-corrected chi connectivity index (χ2v) is 4.50. The molecule has 1 N–H and O–H groups in total.